The van der Waals surface area contributed by atoms with Crippen LogP contribution in [0.1, 0.15) is 5.56 Å². The molecule has 122 valence electrons. The highest BCUT2D eigenvalue weighted by Gasteiger charge is 2.05. The third-order valence-corrected chi connectivity index (χ3v) is 3.85. The van der Waals surface area contributed by atoms with Crippen LogP contribution in [-0.2, 0) is 11.2 Å². The Balaban J connectivity index is 1.73. The highest BCUT2D eigenvalue weighted by atomic mass is 32.2. The second-order valence-electron chi connectivity index (χ2n) is 4.71. The summed E-state index contributed by atoms with van der Waals surface area (Å²) >= 11 is 1.13. The molecule has 0 unspecified atom stereocenters. The summed E-state index contributed by atoms with van der Waals surface area (Å²) in [4.78, 5) is 29.5. The lowest BCUT2D eigenvalue weighted by molar-refractivity contribution is -0.118. The minimum atomic E-state index is -0.333. The number of nitrogens with zero attached hydrogens (tertiary/aromatic N) is 1. The topological polar surface area (TPSA) is 110 Å². The number of amides is 1. The summed E-state index contributed by atoms with van der Waals surface area (Å²) in [7, 11) is 1.62. The predicted octanol–water partition coefficient (Wildman–Crippen LogP) is 0.812. The Morgan fingerprint density at radius 2 is 2.13 bits per heavy atom. The molecule has 0 saturated carbocycles. The van der Waals surface area contributed by atoms with Crippen molar-refractivity contribution in [2.24, 2.45) is 0 Å². The first-order chi connectivity index (χ1) is 11.1. The molecule has 2 aromatic rings. The second kappa shape index (κ2) is 8.23. The van der Waals surface area contributed by atoms with Crippen molar-refractivity contribution < 1.29 is 9.53 Å². The van der Waals surface area contributed by atoms with E-state index in [2.05, 4.69) is 15.3 Å². The first kappa shape index (κ1) is 16.9. The fourth-order valence-corrected chi connectivity index (χ4v) is 2.56. The molecule has 0 atom stereocenters. The number of methoxy groups -OCH3 is 1. The van der Waals surface area contributed by atoms with Crippen LogP contribution >= 0.6 is 11.8 Å². The Kier molecular flexibility index (Phi) is 6.04. The maximum atomic E-state index is 11.8. The molecule has 0 bridgehead atoms. The third kappa shape index (κ3) is 5.67. The Bertz CT molecular complexity index is 715. The van der Waals surface area contributed by atoms with E-state index in [0.717, 1.165) is 29.5 Å². The number of hydrogen-bond acceptors (Lipinski definition) is 6. The van der Waals surface area contributed by atoms with Gasteiger partial charge in [0.05, 0.1) is 12.9 Å². The highest BCUT2D eigenvalue weighted by Crippen LogP contribution is 2.12. The first-order valence-electron chi connectivity index (χ1n) is 6.96. The van der Waals surface area contributed by atoms with E-state index in [9.17, 15) is 9.59 Å². The Hall–Kier alpha value is -2.48. The van der Waals surface area contributed by atoms with Crippen molar-refractivity contribution in [1.29, 1.82) is 0 Å². The summed E-state index contributed by atoms with van der Waals surface area (Å²) in [5.41, 5.74) is 6.26. The lowest BCUT2D eigenvalue weighted by atomic mass is 10.1. The average Bonchev–Trinajstić information content (AvgIpc) is 2.53. The van der Waals surface area contributed by atoms with E-state index in [-0.39, 0.29) is 23.0 Å². The minimum Gasteiger partial charge on any atom is -0.497 e. The van der Waals surface area contributed by atoms with Gasteiger partial charge in [0.2, 0.25) is 5.91 Å². The molecule has 0 spiro atoms. The number of thioether (sulfide) groups is 1. The van der Waals surface area contributed by atoms with E-state index in [1.165, 1.54) is 6.07 Å². The Labute approximate surface area is 137 Å². The molecule has 2 rings (SSSR count). The van der Waals surface area contributed by atoms with E-state index in [0.29, 0.717) is 11.7 Å². The molecule has 0 aliphatic heterocycles. The molecule has 7 nitrogen and oxygen atoms in total. The monoisotopic (exact) mass is 334 g/mol. The van der Waals surface area contributed by atoms with Gasteiger partial charge in [-0.3, -0.25) is 9.59 Å². The van der Waals surface area contributed by atoms with Gasteiger partial charge in [-0.2, -0.15) is 0 Å². The average molecular weight is 334 g/mol. The van der Waals surface area contributed by atoms with Gasteiger partial charge in [0.1, 0.15) is 11.6 Å². The standard InChI is InChI=1S/C15H18N4O3S/c1-22-11-4-2-10(3-5-11)6-7-17-14(21)9-23-15-18-12(16)8-13(20)19-15/h2-5,8H,6-7,9H2,1H3,(H,17,21)(H3,16,18,19,20). The molecule has 23 heavy (non-hydrogen) atoms. The number of aromatic amines is 1. The summed E-state index contributed by atoms with van der Waals surface area (Å²) < 4.78 is 5.09. The van der Waals surface area contributed by atoms with Gasteiger partial charge in [-0.05, 0) is 24.1 Å². The molecule has 1 aromatic heterocycles. The van der Waals surface area contributed by atoms with Crippen molar-refractivity contribution >= 4 is 23.5 Å². The molecule has 0 saturated heterocycles. The summed E-state index contributed by atoms with van der Waals surface area (Å²) in [5, 5.41) is 3.15. The van der Waals surface area contributed by atoms with Gasteiger partial charge in [0.15, 0.2) is 5.16 Å². The number of aromatic nitrogens is 2. The van der Waals surface area contributed by atoms with Crippen LogP contribution in [0.4, 0.5) is 5.82 Å². The van der Waals surface area contributed by atoms with E-state index in [4.69, 9.17) is 10.5 Å². The Morgan fingerprint density at radius 3 is 2.78 bits per heavy atom. The van der Waals surface area contributed by atoms with Crippen molar-refractivity contribution in [3.63, 3.8) is 0 Å². The van der Waals surface area contributed by atoms with Gasteiger partial charge in [-0.15, -0.1) is 0 Å². The largest absolute Gasteiger partial charge is 0.497 e. The summed E-state index contributed by atoms with van der Waals surface area (Å²) in [6.45, 7) is 0.534. The quantitative estimate of drug-likeness (QED) is 0.510. The zero-order valence-corrected chi connectivity index (χ0v) is 13.5. The van der Waals surface area contributed by atoms with Crippen LogP contribution < -0.4 is 21.3 Å². The number of benzene rings is 1. The lowest BCUT2D eigenvalue weighted by Gasteiger charge is -2.06. The second-order valence-corrected chi connectivity index (χ2v) is 5.68. The van der Waals surface area contributed by atoms with Crippen molar-refractivity contribution in [3.8, 4) is 5.75 Å². The van der Waals surface area contributed by atoms with Crippen LogP contribution in [-0.4, -0.2) is 35.3 Å². The van der Waals surface area contributed by atoms with Crippen molar-refractivity contribution in [3.05, 3.63) is 46.2 Å². The van der Waals surface area contributed by atoms with E-state index in [1.54, 1.807) is 7.11 Å². The van der Waals surface area contributed by atoms with Crippen LogP contribution in [0, 0.1) is 0 Å². The van der Waals surface area contributed by atoms with Gasteiger partial charge < -0.3 is 20.8 Å². The maximum absolute atomic E-state index is 11.8. The number of carbonyl (C=O) groups excluding carboxylic acids is 1. The predicted molar refractivity (Wildman–Crippen MR) is 89.7 cm³/mol. The van der Waals surface area contributed by atoms with E-state index >= 15 is 0 Å². The van der Waals surface area contributed by atoms with Crippen LogP contribution in [0.3, 0.4) is 0 Å². The number of hydrogen-bond donors (Lipinski definition) is 3. The molecular formula is C15H18N4O3S. The smallest absolute Gasteiger partial charge is 0.253 e. The zero-order valence-electron chi connectivity index (χ0n) is 12.7. The maximum Gasteiger partial charge on any atom is 0.253 e. The van der Waals surface area contributed by atoms with Crippen LogP contribution in [0.2, 0.25) is 0 Å². The van der Waals surface area contributed by atoms with Gasteiger partial charge in [-0.25, -0.2) is 4.98 Å². The number of rotatable bonds is 7. The Morgan fingerprint density at radius 1 is 1.39 bits per heavy atom. The number of nitrogens with one attached hydrogen (secondary N) is 2. The molecule has 8 heteroatoms. The molecule has 0 radical (unpaired) electrons. The number of ether oxygens (including phenoxy) is 1. The third-order valence-electron chi connectivity index (χ3n) is 2.97. The molecule has 1 aromatic carbocycles. The molecule has 0 aliphatic rings. The lowest BCUT2D eigenvalue weighted by Crippen LogP contribution is -2.27. The van der Waals surface area contributed by atoms with Crippen LogP contribution in [0.15, 0.2) is 40.3 Å². The molecule has 4 N–H and O–H groups in total. The fourth-order valence-electron chi connectivity index (χ4n) is 1.85. The summed E-state index contributed by atoms with van der Waals surface area (Å²) in [6, 6.07) is 8.88. The molecule has 1 amide bonds. The number of nitrogens with two attached hydrogens (primary N) is 1. The van der Waals surface area contributed by atoms with Crippen molar-refractivity contribution in [2.75, 3.05) is 25.1 Å². The minimum absolute atomic E-state index is 0.131. The molecular weight excluding hydrogens is 316 g/mol. The van der Waals surface area contributed by atoms with E-state index in [1.807, 2.05) is 24.3 Å². The van der Waals surface area contributed by atoms with Crippen molar-refractivity contribution in [1.82, 2.24) is 15.3 Å². The molecule has 1 heterocycles. The number of H-pyrrole nitrogens is 1. The first-order valence-corrected chi connectivity index (χ1v) is 7.94. The summed E-state index contributed by atoms with van der Waals surface area (Å²) in [5.74, 6) is 0.970. The summed E-state index contributed by atoms with van der Waals surface area (Å²) in [6.07, 6.45) is 0.730. The molecule has 0 fully saturated rings. The van der Waals surface area contributed by atoms with Gasteiger partial charge in [-0.1, -0.05) is 23.9 Å². The normalized spacial score (nSPS) is 10.3. The number of nitrogen functional groups attached to an aromatic ring is 1. The SMILES string of the molecule is COc1ccc(CCNC(=O)CSc2nc(N)cc(=O)[nH]2)cc1. The number of carbonyl (C=O) groups is 1. The molecule has 0 aliphatic carbocycles. The van der Waals surface area contributed by atoms with E-state index < -0.39 is 0 Å². The number of anilines is 1. The zero-order chi connectivity index (χ0) is 16.7. The highest BCUT2D eigenvalue weighted by molar-refractivity contribution is 7.99. The van der Waals surface area contributed by atoms with Gasteiger partial charge in [0, 0.05) is 12.6 Å². The van der Waals surface area contributed by atoms with Crippen LogP contribution in [0.5, 0.6) is 5.75 Å². The van der Waals surface area contributed by atoms with Crippen molar-refractivity contribution in [2.45, 2.75) is 11.6 Å². The fraction of sp³-hybridized carbons (Fsp3) is 0.267. The van der Waals surface area contributed by atoms with Gasteiger partial charge >= 0.3 is 0 Å². The van der Waals surface area contributed by atoms with Gasteiger partial charge in [0.25, 0.3) is 5.56 Å². The van der Waals surface area contributed by atoms with Crippen LogP contribution in [0.25, 0.3) is 0 Å².